The van der Waals surface area contributed by atoms with Crippen LogP contribution in [-0.4, -0.2) is 12.3 Å². The van der Waals surface area contributed by atoms with Gasteiger partial charge in [0.25, 0.3) is 0 Å². The fourth-order valence-corrected chi connectivity index (χ4v) is 4.15. The summed E-state index contributed by atoms with van der Waals surface area (Å²) in [6.45, 7) is 4.08. The normalized spacial score (nSPS) is 14.3. The van der Waals surface area contributed by atoms with Crippen molar-refractivity contribution in [2.45, 2.75) is 13.8 Å². The summed E-state index contributed by atoms with van der Waals surface area (Å²) in [5, 5.41) is 0.982. The molecule has 0 spiro atoms. The molecule has 0 saturated heterocycles. The Morgan fingerprint density at radius 2 is 1.65 bits per heavy atom. The van der Waals surface area contributed by atoms with Gasteiger partial charge in [-0.2, -0.15) is 0 Å². The van der Waals surface area contributed by atoms with Crippen molar-refractivity contribution in [2.75, 3.05) is 12.3 Å². The molecule has 2 aromatic rings. The van der Waals surface area contributed by atoms with Crippen LogP contribution in [0.25, 0.3) is 6.08 Å². The van der Waals surface area contributed by atoms with Crippen LogP contribution in [0, 0.1) is 6.92 Å². The Hall–Kier alpha value is -1.59. The molecule has 0 aliphatic rings. The van der Waals surface area contributed by atoms with E-state index in [2.05, 4.69) is 37.3 Å². The molecule has 104 valence electrons. The van der Waals surface area contributed by atoms with Crippen LogP contribution < -0.4 is 5.30 Å². The standard InChI is InChI=1S/C18H21OP/c1-3-20(19,18-9-5-4-6-10-18)15-7-8-17-13-11-16(2)12-14-17/h4-14H,3,15H2,1-2H3/b8-7+/t20-/m1/s1. The van der Waals surface area contributed by atoms with Gasteiger partial charge in [0.1, 0.15) is 7.14 Å². The summed E-state index contributed by atoms with van der Waals surface area (Å²) in [5.74, 6) is 0. The maximum absolute atomic E-state index is 13.0. The number of hydrogen-bond acceptors (Lipinski definition) is 1. The molecule has 0 radical (unpaired) electrons. The van der Waals surface area contributed by atoms with Gasteiger partial charge in [-0.3, -0.25) is 0 Å². The Morgan fingerprint density at radius 1 is 1.00 bits per heavy atom. The number of hydrogen-bond donors (Lipinski definition) is 0. The minimum absolute atomic E-state index is 0.626. The highest BCUT2D eigenvalue weighted by Crippen LogP contribution is 2.43. The quantitative estimate of drug-likeness (QED) is 0.726. The molecule has 0 heterocycles. The molecule has 0 bridgehead atoms. The van der Waals surface area contributed by atoms with Crippen LogP contribution >= 0.6 is 7.14 Å². The first-order valence-electron chi connectivity index (χ1n) is 7.01. The maximum atomic E-state index is 13.0. The Kier molecular flexibility index (Phi) is 4.98. The summed E-state index contributed by atoms with van der Waals surface area (Å²) in [7, 11) is -2.29. The topological polar surface area (TPSA) is 17.1 Å². The fraction of sp³-hybridized carbons (Fsp3) is 0.222. The van der Waals surface area contributed by atoms with E-state index in [-0.39, 0.29) is 0 Å². The van der Waals surface area contributed by atoms with Gasteiger partial charge in [0, 0.05) is 17.6 Å². The number of rotatable bonds is 5. The third kappa shape index (κ3) is 3.71. The molecule has 2 rings (SSSR count). The van der Waals surface area contributed by atoms with Gasteiger partial charge in [-0.05, 0) is 12.5 Å². The summed E-state index contributed by atoms with van der Waals surface area (Å²) in [6, 6.07) is 18.2. The van der Waals surface area contributed by atoms with E-state index in [4.69, 9.17) is 0 Å². The van der Waals surface area contributed by atoms with Crippen molar-refractivity contribution >= 4 is 18.5 Å². The lowest BCUT2D eigenvalue weighted by molar-refractivity contribution is 0.583. The van der Waals surface area contributed by atoms with E-state index in [0.29, 0.717) is 12.3 Å². The molecule has 0 aromatic heterocycles. The van der Waals surface area contributed by atoms with Gasteiger partial charge in [-0.25, -0.2) is 0 Å². The third-order valence-corrected chi connectivity index (χ3v) is 6.59. The van der Waals surface area contributed by atoms with E-state index >= 15 is 0 Å². The molecule has 1 atom stereocenters. The highest BCUT2D eigenvalue weighted by molar-refractivity contribution is 7.71. The summed E-state index contributed by atoms with van der Waals surface area (Å²) in [5.41, 5.74) is 2.41. The molecule has 0 fully saturated rings. The molecular weight excluding hydrogens is 263 g/mol. The summed E-state index contributed by atoms with van der Waals surface area (Å²) in [4.78, 5) is 0. The van der Waals surface area contributed by atoms with Crippen molar-refractivity contribution in [1.29, 1.82) is 0 Å². The molecule has 20 heavy (non-hydrogen) atoms. The minimum atomic E-state index is -2.29. The van der Waals surface area contributed by atoms with E-state index in [1.54, 1.807) is 0 Å². The smallest absolute Gasteiger partial charge is 0.118 e. The molecule has 0 amide bonds. The Bertz CT molecular complexity index is 612. The van der Waals surface area contributed by atoms with Gasteiger partial charge in [0.15, 0.2) is 0 Å². The number of allylic oxidation sites excluding steroid dienone is 1. The second-order valence-corrected chi connectivity index (χ2v) is 8.33. The molecule has 2 heteroatoms. The van der Waals surface area contributed by atoms with Crippen LogP contribution in [0.1, 0.15) is 18.1 Å². The SMILES string of the molecule is CC[P@@](=O)(C/C=C/c1ccc(C)cc1)c1ccccc1. The predicted octanol–water partition coefficient (Wildman–Crippen LogP) is 4.72. The lowest BCUT2D eigenvalue weighted by Gasteiger charge is -2.14. The van der Waals surface area contributed by atoms with E-state index in [0.717, 1.165) is 10.9 Å². The first-order valence-corrected chi connectivity index (χ1v) is 9.09. The molecule has 0 aliphatic heterocycles. The maximum Gasteiger partial charge on any atom is 0.118 e. The average Bonchev–Trinajstić information content (AvgIpc) is 2.50. The molecular formula is C18H21OP. The van der Waals surface area contributed by atoms with Gasteiger partial charge in [0.05, 0.1) is 0 Å². The molecule has 0 aliphatic carbocycles. The minimum Gasteiger partial charge on any atom is -0.318 e. The summed E-state index contributed by atoms with van der Waals surface area (Å²) in [6.07, 6.45) is 5.43. The first kappa shape index (κ1) is 14.8. The third-order valence-electron chi connectivity index (χ3n) is 3.53. The zero-order valence-electron chi connectivity index (χ0n) is 12.1. The average molecular weight is 284 g/mol. The molecule has 0 saturated carbocycles. The predicted molar refractivity (Wildman–Crippen MR) is 89.3 cm³/mol. The van der Waals surface area contributed by atoms with Gasteiger partial charge >= 0.3 is 0 Å². The van der Waals surface area contributed by atoms with Crippen molar-refractivity contribution in [2.24, 2.45) is 0 Å². The zero-order valence-corrected chi connectivity index (χ0v) is 13.0. The van der Waals surface area contributed by atoms with E-state index in [1.165, 1.54) is 5.56 Å². The van der Waals surface area contributed by atoms with E-state index in [1.807, 2.05) is 43.3 Å². The second-order valence-electron chi connectivity index (χ2n) is 5.04. The lowest BCUT2D eigenvalue weighted by atomic mass is 10.1. The van der Waals surface area contributed by atoms with Crippen molar-refractivity contribution < 1.29 is 4.57 Å². The number of aryl methyl sites for hydroxylation is 1. The van der Waals surface area contributed by atoms with Gasteiger partial charge < -0.3 is 4.57 Å². The number of benzene rings is 2. The first-order chi connectivity index (χ1) is 9.64. The zero-order chi connectivity index (χ0) is 14.4. The van der Waals surface area contributed by atoms with Crippen molar-refractivity contribution in [3.05, 3.63) is 71.8 Å². The molecule has 0 unspecified atom stereocenters. The summed E-state index contributed by atoms with van der Waals surface area (Å²) < 4.78 is 13.0. The van der Waals surface area contributed by atoms with Crippen LogP contribution in [-0.2, 0) is 4.57 Å². The largest absolute Gasteiger partial charge is 0.318 e. The highest BCUT2D eigenvalue weighted by atomic mass is 31.2. The van der Waals surface area contributed by atoms with Crippen LogP contribution in [0.4, 0.5) is 0 Å². The van der Waals surface area contributed by atoms with Gasteiger partial charge in [0.2, 0.25) is 0 Å². The van der Waals surface area contributed by atoms with Crippen LogP contribution in [0.3, 0.4) is 0 Å². The highest BCUT2D eigenvalue weighted by Gasteiger charge is 2.19. The van der Waals surface area contributed by atoms with Crippen LogP contribution in [0.5, 0.6) is 0 Å². The van der Waals surface area contributed by atoms with E-state index in [9.17, 15) is 4.57 Å². The molecule has 1 nitrogen and oxygen atoms in total. The Balaban J connectivity index is 2.11. The van der Waals surface area contributed by atoms with Crippen LogP contribution in [0.2, 0.25) is 0 Å². The summed E-state index contributed by atoms with van der Waals surface area (Å²) >= 11 is 0. The monoisotopic (exact) mass is 284 g/mol. The second kappa shape index (κ2) is 6.72. The molecule has 0 N–H and O–H groups in total. The lowest BCUT2D eigenvalue weighted by Crippen LogP contribution is -2.08. The van der Waals surface area contributed by atoms with Crippen molar-refractivity contribution in [1.82, 2.24) is 0 Å². The van der Waals surface area contributed by atoms with Gasteiger partial charge in [-0.1, -0.05) is 79.2 Å². The van der Waals surface area contributed by atoms with Gasteiger partial charge in [-0.15, -0.1) is 0 Å². The fourth-order valence-electron chi connectivity index (χ4n) is 2.15. The molecule has 2 aromatic carbocycles. The van der Waals surface area contributed by atoms with Crippen molar-refractivity contribution in [3.8, 4) is 0 Å². The Labute approximate surface area is 121 Å². The van der Waals surface area contributed by atoms with Crippen LogP contribution in [0.15, 0.2) is 60.7 Å². The van der Waals surface area contributed by atoms with E-state index < -0.39 is 7.14 Å². The Morgan fingerprint density at radius 3 is 2.25 bits per heavy atom. The van der Waals surface area contributed by atoms with Crippen molar-refractivity contribution in [3.63, 3.8) is 0 Å².